The van der Waals surface area contributed by atoms with Crippen LogP contribution >= 0.6 is 0 Å². The molecule has 0 saturated carbocycles. The second-order valence-electron chi connectivity index (χ2n) is 16.1. The summed E-state index contributed by atoms with van der Waals surface area (Å²) in [4.78, 5) is 37.0. The fourth-order valence-corrected chi connectivity index (χ4v) is 9.00. The number of ether oxygens (including phenoxy) is 2. The number of aromatic nitrogens is 2. The normalized spacial score (nSPS) is 26.4. The zero-order valence-electron chi connectivity index (χ0n) is 34.6. The van der Waals surface area contributed by atoms with Crippen LogP contribution in [0.1, 0.15) is 127 Å². The van der Waals surface area contributed by atoms with Crippen LogP contribution in [0.3, 0.4) is 0 Å². The van der Waals surface area contributed by atoms with Gasteiger partial charge in [-0.1, -0.05) is 105 Å². The van der Waals surface area contributed by atoms with Crippen LogP contribution < -0.4 is 20.7 Å². The number of carbonyl (C=O) groups excluding carboxylic acids is 2. The monoisotopic (exact) mass is 758 g/mol. The third-order valence-electron chi connectivity index (χ3n) is 12.3. The van der Waals surface area contributed by atoms with Crippen LogP contribution in [0.5, 0.6) is 0 Å². The Balaban J connectivity index is 0.00000580. The Morgan fingerprint density at radius 3 is 2.44 bits per heavy atom. The molecule has 9 nitrogen and oxygen atoms in total. The van der Waals surface area contributed by atoms with Gasteiger partial charge in [0.2, 0.25) is 0 Å². The molecular formula is C45H58MgN4O5-2. The number of rotatable bonds is 12. The zero-order chi connectivity index (χ0) is 39.0. The fourth-order valence-electron chi connectivity index (χ4n) is 9.00. The summed E-state index contributed by atoms with van der Waals surface area (Å²) < 4.78 is 11.0. The number of allylic oxidation sites excluding steroid dienone is 3. The van der Waals surface area contributed by atoms with Crippen LogP contribution in [-0.2, 0) is 25.5 Å². The molecule has 292 valence electrons. The molecule has 4 aliphatic rings. The van der Waals surface area contributed by atoms with E-state index in [1.165, 1.54) is 24.7 Å². The number of aliphatic hydroxyl groups is 1. The van der Waals surface area contributed by atoms with Crippen LogP contribution in [0.2, 0.25) is 0 Å². The maximum absolute atomic E-state index is 13.5. The van der Waals surface area contributed by atoms with Crippen molar-refractivity contribution in [3.8, 4) is 0 Å². The summed E-state index contributed by atoms with van der Waals surface area (Å²) in [6.07, 6.45) is 12.8. The maximum Gasteiger partial charge on any atom is 2.00 e. The molecule has 0 aromatic carbocycles. The summed E-state index contributed by atoms with van der Waals surface area (Å²) in [6.45, 7) is 19.5. The third-order valence-corrected chi connectivity index (χ3v) is 12.3. The first kappa shape index (κ1) is 42.7. The van der Waals surface area contributed by atoms with Crippen molar-refractivity contribution in [3.63, 3.8) is 0 Å². The van der Waals surface area contributed by atoms with E-state index in [9.17, 15) is 14.7 Å². The molecule has 6 atom stereocenters. The molecule has 0 spiro atoms. The number of methoxy groups -OCH3 is 1. The molecule has 0 radical (unpaired) electrons. The van der Waals surface area contributed by atoms with Gasteiger partial charge in [-0.3, -0.25) is 4.79 Å². The third kappa shape index (κ3) is 8.33. The van der Waals surface area contributed by atoms with Crippen LogP contribution in [0.25, 0.3) is 28.4 Å². The van der Waals surface area contributed by atoms with E-state index in [-0.39, 0.29) is 71.4 Å². The van der Waals surface area contributed by atoms with Gasteiger partial charge >= 0.3 is 35.0 Å². The Labute approximate surface area is 343 Å². The van der Waals surface area contributed by atoms with Gasteiger partial charge in [0, 0.05) is 6.42 Å². The average molecular weight is 759 g/mol. The first-order valence-corrected chi connectivity index (χ1v) is 20.0. The van der Waals surface area contributed by atoms with Gasteiger partial charge in [0.1, 0.15) is 12.7 Å². The summed E-state index contributed by atoms with van der Waals surface area (Å²) in [5.41, 5.74) is 9.91. The summed E-state index contributed by atoms with van der Waals surface area (Å²) in [5, 5.41) is 24.3. The minimum Gasteiger partial charge on any atom is -0.681 e. The molecule has 55 heavy (non-hydrogen) atoms. The minimum absolute atomic E-state index is 0. The minimum atomic E-state index is -1.22. The predicted molar refractivity (Wildman–Crippen MR) is 219 cm³/mol. The number of aliphatic hydroxyl groups excluding tert-OH is 1. The van der Waals surface area contributed by atoms with E-state index in [1.807, 2.05) is 19.1 Å². The van der Waals surface area contributed by atoms with Crippen LogP contribution in [0.4, 0.5) is 0 Å². The molecule has 2 aromatic heterocycles. The molecular weight excluding hydrogens is 701 g/mol. The summed E-state index contributed by atoms with van der Waals surface area (Å²) in [7, 11) is 1.33. The first-order valence-electron chi connectivity index (χ1n) is 20.0. The molecule has 1 N–H and O–H groups in total. The predicted octanol–water partition coefficient (Wildman–Crippen LogP) is 7.04. The van der Waals surface area contributed by atoms with Gasteiger partial charge < -0.3 is 35.2 Å². The standard InChI is InChI=1S/C45H59N4O5.Mg/c1-11-29-25(6)32-20-34-27(8)31(16-17-38(50)54-19-18-24(5)15-13-14-23(3)4)42(48-34)40-41(45(52)53-10)44(51)39-28(9)35(49-43(39)40)22-37-30(12-2)26(7)33(47-37)21-36(29)46-32;/h18,20-23,27,29,31,36,42,44,51H,11-17,19H2,1-10H3,(H-,47,49,52);/q-3;+2/p-1/b24-18+,33-21-,34-20-;/t27-,29-,31-,36?,42?,44-;/m0./s1. The van der Waals surface area contributed by atoms with Crippen molar-refractivity contribution < 1.29 is 24.2 Å². The largest absolute Gasteiger partial charge is 2.00 e. The van der Waals surface area contributed by atoms with Gasteiger partial charge in [-0.15, -0.1) is 33.9 Å². The molecule has 8 bridgehead atoms. The molecule has 1 aliphatic carbocycles. The Morgan fingerprint density at radius 1 is 1.02 bits per heavy atom. The van der Waals surface area contributed by atoms with E-state index in [1.54, 1.807) is 0 Å². The first-order chi connectivity index (χ1) is 25.8. The Hall–Kier alpha value is -3.47. The number of esters is 2. The summed E-state index contributed by atoms with van der Waals surface area (Å²) in [6, 6.07) is -0.606. The van der Waals surface area contributed by atoms with Crippen LogP contribution in [0.15, 0.2) is 40.3 Å². The van der Waals surface area contributed by atoms with Gasteiger partial charge in [0.25, 0.3) is 0 Å². The molecule has 3 aliphatic heterocycles. The molecule has 1 saturated heterocycles. The molecule has 1 fully saturated rings. The van der Waals surface area contributed by atoms with Crippen molar-refractivity contribution in [2.45, 2.75) is 125 Å². The number of hydrogen-bond acceptors (Lipinski definition) is 5. The summed E-state index contributed by atoms with van der Waals surface area (Å²) in [5.74, 6) is -0.232. The second-order valence-corrected chi connectivity index (χ2v) is 16.1. The Bertz CT molecular complexity index is 2050. The second kappa shape index (κ2) is 17.8. The van der Waals surface area contributed by atoms with Crippen molar-refractivity contribution in [3.05, 3.63) is 95.2 Å². The number of fused-ring (bicyclic) bond motifs is 8. The molecule has 10 heteroatoms. The van der Waals surface area contributed by atoms with Crippen molar-refractivity contribution in [1.82, 2.24) is 9.97 Å². The molecule has 0 amide bonds. The van der Waals surface area contributed by atoms with Gasteiger partial charge in [0.05, 0.1) is 12.7 Å². The maximum atomic E-state index is 13.5. The van der Waals surface area contributed by atoms with E-state index in [0.29, 0.717) is 34.9 Å². The quantitative estimate of drug-likeness (QED) is 0.140. The SMILES string of the molecule is CCc1c(C)/c2[n-]/c1=C\c1[n-]c3c(c1C)[C@H](O)C(C(=O)OC)=C3C1[N-]/C(=C\C3=C(C)[C@H](CC)C(\C=2)[N-]3)[C@@H](C)[C@@H]1CCC(=O)OC/C=C(\C)CCCC(C)C.[Mg+2]. The Morgan fingerprint density at radius 2 is 1.76 bits per heavy atom. The molecule has 6 rings (SSSR count). The number of carbonyl (C=O) groups is 2. The van der Waals surface area contributed by atoms with E-state index in [2.05, 4.69) is 67.5 Å². The van der Waals surface area contributed by atoms with E-state index in [4.69, 9.17) is 30.1 Å². The molecule has 2 unspecified atom stereocenters. The van der Waals surface area contributed by atoms with Crippen molar-refractivity contribution in [1.29, 1.82) is 0 Å². The number of nitrogens with zero attached hydrogens (tertiary/aromatic N) is 4. The van der Waals surface area contributed by atoms with Crippen LogP contribution in [-0.4, -0.2) is 65.9 Å². The smallest absolute Gasteiger partial charge is 0.681 e. The molecule has 2 aromatic rings. The van der Waals surface area contributed by atoms with Crippen molar-refractivity contribution in [2.24, 2.45) is 23.7 Å². The van der Waals surface area contributed by atoms with Gasteiger partial charge in [0.15, 0.2) is 0 Å². The van der Waals surface area contributed by atoms with E-state index >= 15 is 0 Å². The topological polar surface area (TPSA) is 129 Å². The van der Waals surface area contributed by atoms with Gasteiger partial charge in [-0.25, -0.2) is 4.79 Å². The van der Waals surface area contributed by atoms with E-state index < -0.39 is 18.1 Å². The average Bonchev–Trinajstić information content (AvgIpc) is 3.87. The van der Waals surface area contributed by atoms with Crippen molar-refractivity contribution in [2.75, 3.05) is 13.7 Å². The van der Waals surface area contributed by atoms with E-state index in [0.717, 1.165) is 64.5 Å². The van der Waals surface area contributed by atoms with Crippen LogP contribution in [0, 0.1) is 37.5 Å². The van der Waals surface area contributed by atoms with Gasteiger partial charge in [-0.2, -0.15) is 5.70 Å². The zero-order valence-corrected chi connectivity index (χ0v) is 36.0. The summed E-state index contributed by atoms with van der Waals surface area (Å²) >= 11 is 0. The number of hydrogen-bond donors (Lipinski definition) is 1. The Kier molecular flexibility index (Phi) is 13.8. The molecule has 5 heterocycles. The van der Waals surface area contributed by atoms with Crippen molar-refractivity contribution >= 4 is 52.7 Å². The fraction of sp³-hybridized carbons (Fsp3) is 0.556. The van der Waals surface area contributed by atoms with Gasteiger partial charge in [-0.05, 0) is 88.7 Å².